The molecule has 6 heteroatoms. The van der Waals surface area contributed by atoms with Gasteiger partial charge < -0.3 is 22.1 Å². The van der Waals surface area contributed by atoms with Gasteiger partial charge in [0.05, 0.1) is 6.04 Å². The number of rotatable bonds is 10. The van der Waals surface area contributed by atoms with Gasteiger partial charge in [-0.05, 0) is 41.3 Å². The SMILES string of the molecule is NCCC[C@@H](N)C(=O)N[C@H](Cc1cccc2ccccc12)C(=O)NCc1ccccc1. The maximum atomic E-state index is 13.0. The quantitative estimate of drug-likeness (QED) is 0.405. The van der Waals surface area contributed by atoms with Gasteiger partial charge in [0.25, 0.3) is 0 Å². The summed E-state index contributed by atoms with van der Waals surface area (Å²) in [6.07, 6.45) is 1.51. The summed E-state index contributed by atoms with van der Waals surface area (Å²) in [6.45, 7) is 0.860. The summed E-state index contributed by atoms with van der Waals surface area (Å²) in [6, 6.07) is 22.2. The standard InChI is InChI=1S/C25H30N4O2/c26-15-7-14-22(27)24(30)29-23(25(31)28-17-18-8-2-1-3-9-18)16-20-12-6-11-19-10-4-5-13-21(19)20/h1-6,8-13,22-23H,7,14-17,26-27H2,(H,28,31)(H,29,30)/t22-,23-/m1/s1. The largest absolute Gasteiger partial charge is 0.350 e. The molecule has 6 nitrogen and oxygen atoms in total. The predicted octanol–water partition coefficient (Wildman–Crippen LogP) is 2.25. The molecular formula is C25H30N4O2. The van der Waals surface area contributed by atoms with Crippen molar-refractivity contribution in [3.63, 3.8) is 0 Å². The molecule has 0 saturated carbocycles. The second-order valence-electron chi connectivity index (χ2n) is 7.64. The van der Waals surface area contributed by atoms with Crippen LogP contribution >= 0.6 is 0 Å². The first kappa shape index (κ1) is 22.5. The minimum Gasteiger partial charge on any atom is -0.350 e. The van der Waals surface area contributed by atoms with E-state index in [2.05, 4.69) is 10.6 Å². The van der Waals surface area contributed by atoms with E-state index < -0.39 is 12.1 Å². The molecule has 6 N–H and O–H groups in total. The number of nitrogens with two attached hydrogens (primary N) is 2. The van der Waals surface area contributed by atoms with Crippen LogP contribution in [0.5, 0.6) is 0 Å². The Morgan fingerprint density at radius 1 is 0.871 bits per heavy atom. The fourth-order valence-electron chi connectivity index (χ4n) is 3.56. The minimum absolute atomic E-state index is 0.240. The maximum absolute atomic E-state index is 13.0. The van der Waals surface area contributed by atoms with Crippen LogP contribution in [-0.4, -0.2) is 30.4 Å². The van der Waals surface area contributed by atoms with E-state index in [1.54, 1.807) is 0 Å². The van der Waals surface area contributed by atoms with Gasteiger partial charge in [-0.2, -0.15) is 0 Å². The molecule has 0 heterocycles. The summed E-state index contributed by atoms with van der Waals surface area (Å²) in [5, 5.41) is 7.95. The Morgan fingerprint density at radius 2 is 1.58 bits per heavy atom. The summed E-state index contributed by atoms with van der Waals surface area (Å²) >= 11 is 0. The molecule has 3 aromatic carbocycles. The molecule has 0 radical (unpaired) electrons. The van der Waals surface area contributed by atoms with Gasteiger partial charge in [0.2, 0.25) is 11.8 Å². The zero-order valence-electron chi connectivity index (χ0n) is 17.6. The number of carbonyl (C=O) groups is 2. The van der Waals surface area contributed by atoms with Crippen molar-refractivity contribution < 1.29 is 9.59 Å². The van der Waals surface area contributed by atoms with Gasteiger partial charge in [-0.25, -0.2) is 0 Å². The van der Waals surface area contributed by atoms with Crippen molar-refractivity contribution in [2.45, 2.75) is 37.9 Å². The van der Waals surface area contributed by atoms with E-state index in [1.807, 2.05) is 72.8 Å². The van der Waals surface area contributed by atoms with Gasteiger partial charge in [0, 0.05) is 13.0 Å². The lowest BCUT2D eigenvalue weighted by Crippen LogP contribution is -2.52. The summed E-state index contributed by atoms with van der Waals surface area (Å²) in [5.41, 5.74) is 13.5. The molecule has 162 valence electrons. The normalized spacial score (nSPS) is 12.8. The molecule has 3 rings (SSSR count). The number of carbonyl (C=O) groups excluding carboxylic acids is 2. The van der Waals surface area contributed by atoms with Gasteiger partial charge in [0.15, 0.2) is 0 Å². The monoisotopic (exact) mass is 418 g/mol. The van der Waals surface area contributed by atoms with Crippen molar-refractivity contribution in [2.24, 2.45) is 11.5 Å². The van der Waals surface area contributed by atoms with E-state index >= 15 is 0 Å². The molecule has 3 aromatic rings. The van der Waals surface area contributed by atoms with Crippen molar-refractivity contribution in [3.05, 3.63) is 83.9 Å². The molecular weight excluding hydrogens is 388 g/mol. The van der Waals surface area contributed by atoms with Crippen LogP contribution in [0.25, 0.3) is 10.8 Å². The van der Waals surface area contributed by atoms with E-state index in [0.717, 1.165) is 21.9 Å². The molecule has 2 amide bonds. The van der Waals surface area contributed by atoms with Crippen LogP contribution in [0.3, 0.4) is 0 Å². The summed E-state index contributed by atoms with van der Waals surface area (Å²) in [5.74, 6) is -0.579. The molecule has 0 aliphatic heterocycles. The van der Waals surface area contributed by atoms with Crippen LogP contribution in [0.15, 0.2) is 72.8 Å². The van der Waals surface area contributed by atoms with Crippen molar-refractivity contribution in [1.29, 1.82) is 0 Å². The zero-order chi connectivity index (χ0) is 22.1. The second-order valence-corrected chi connectivity index (χ2v) is 7.64. The average Bonchev–Trinajstić information content (AvgIpc) is 2.81. The highest BCUT2D eigenvalue weighted by atomic mass is 16.2. The molecule has 0 saturated heterocycles. The Labute approximate surface area is 183 Å². The topological polar surface area (TPSA) is 110 Å². The smallest absolute Gasteiger partial charge is 0.243 e. The van der Waals surface area contributed by atoms with E-state index in [1.165, 1.54) is 0 Å². The average molecular weight is 419 g/mol. The van der Waals surface area contributed by atoms with Gasteiger partial charge in [-0.1, -0.05) is 72.8 Å². The first-order valence-corrected chi connectivity index (χ1v) is 10.6. The Morgan fingerprint density at radius 3 is 2.35 bits per heavy atom. The molecule has 0 bridgehead atoms. The molecule has 0 aromatic heterocycles. The highest BCUT2D eigenvalue weighted by Crippen LogP contribution is 2.20. The van der Waals surface area contributed by atoms with Crippen LogP contribution < -0.4 is 22.1 Å². The maximum Gasteiger partial charge on any atom is 0.243 e. The van der Waals surface area contributed by atoms with Crippen molar-refractivity contribution >= 4 is 22.6 Å². The molecule has 31 heavy (non-hydrogen) atoms. The zero-order valence-corrected chi connectivity index (χ0v) is 17.6. The minimum atomic E-state index is -0.731. The van der Waals surface area contributed by atoms with Gasteiger partial charge in [0.1, 0.15) is 6.04 Å². The van der Waals surface area contributed by atoms with Gasteiger partial charge in [-0.15, -0.1) is 0 Å². The number of amides is 2. The highest BCUT2D eigenvalue weighted by Gasteiger charge is 2.24. The third-order valence-corrected chi connectivity index (χ3v) is 5.30. The predicted molar refractivity (Wildman–Crippen MR) is 124 cm³/mol. The van der Waals surface area contributed by atoms with Crippen LogP contribution in [0, 0.1) is 0 Å². The van der Waals surface area contributed by atoms with E-state index in [-0.39, 0.29) is 11.8 Å². The van der Waals surface area contributed by atoms with E-state index in [4.69, 9.17) is 11.5 Å². The lowest BCUT2D eigenvalue weighted by atomic mass is 9.98. The molecule has 0 spiro atoms. The van der Waals surface area contributed by atoms with Crippen LogP contribution in [0.2, 0.25) is 0 Å². The Kier molecular flexibility index (Phi) is 8.15. The Bertz CT molecular complexity index is 1000. The van der Waals surface area contributed by atoms with E-state index in [9.17, 15) is 9.59 Å². The van der Waals surface area contributed by atoms with Crippen LogP contribution in [-0.2, 0) is 22.6 Å². The Balaban J connectivity index is 1.77. The van der Waals surface area contributed by atoms with Gasteiger partial charge in [-0.3, -0.25) is 9.59 Å². The number of fused-ring (bicyclic) bond motifs is 1. The van der Waals surface area contributed by atoms with Crippen molar-refractivity contribution in [3.8, 4) is 0 Å². The fraction of sp³-hybridized carbons (Fsp3) is 0.280. The summed E-state index contributed by atoms with van der Waals surface area (Å²) in [4.78, 5) is 25.7. The third-order valence-electron chi connectivity index (χ3n) is 5.30. The first-order valence-electron chi connectivity index (χ1n) is 10.6. The molecule has 0 aliphatic carbocycles. The lowest BCUT2D eigenvalue weighted by Gasteiger charge is -2.21. The van der Waals surface area contributed by atoms with E-state index in [0.29, 0.717) is 32.4 Å². The first-order chi connectivity index (χ1) is 15.1. The molecule has 0 fully saturated rings. The Hall–Kier alpha value is -3.22. The van der Waals surface area contributed by atoms with Crippen LogP contribution in [0.4, 0.5) is 0 Å². The fourth-order valence-corrected chi connectivity index (χ4v) is 3.56. The second kappa shape index (κ2) is 11.2. The molecule has 0 aliphatic rings. The number of hydrogen-bond acceptors (Lipinski definition) is 4. The van der Waals surface area contributed by atoms with Gasteiger partial charge >= 0.3 is 0 Å². The van der Waals surface area contributed by atoms with Crippen molar-refractivity contribution in [1.82, 2.24) is 10.6 Å². The number of nitrogens with one attached hydrogen (secondary N) is 2. The van der Waals surface area contributed by atoms with Crippen molar-refractivity contribution in [2.75, 3.05) is 6.54 Å². The number of hydrogen-bond donors (Lipinski definition) is 4. The summed E-state index contributed by atoms with van der Waals surface area (Å²) in [7, 11) is 0. The lowest BCUT2D eigenvalue weighted by molar-refractivity contribution is -0.129. The van der Waals surface area contributed by atoms with Crippen LogP contribution in [0.1, 0.15) is 24.0 Å². The molecule has 2 atom stereocenters. The summed E-state index contributed by atoms with van der Waals surface area (Å²) < 4.78 is 0. The molecule has 0 unspecified atom stereocenters. The third kappa shape index (κ3) is 6.38. The number of benzene rings is 3. The highest BCUT2D eigenvalue weighted by molar-refractivity contribution is 5.91.